The molecule has 0 heterocycles. The van der Waals surface area contributed by atoms with Crippen LogP contribution in [0.3, 0.4) is 0 Å². The minimum absolute atomic E-state index is 0.0742. The van der Waals surface area contributed by atoms with Crippen molar-refractivity contribution in [2.24, 2.45) is 0 Å². The third-order valence-electron chi connectivity index (χ3n) is 2.59. The Morgan fingerprint density at radius 1 is 1.15 bits per heavy atom. The van der Waals surface area contributed by atoms with E-state index in [4.69, 9.17) is 23.2 Å². The van der Waals surface area contributed by atoms with Gasteiger partial charge in [-0.3, -0.25) is 4.79 Å². The maximum atomic E-state index is 11.9. The van der Waals surface area contributed by atoms with Gasteiger partial charge in [0.05, 0.1) is 10.8 Å². The Morgan fingerprint density at radius 2 is 1.85 bits per heavy atom. The molecular formula is C15H13Cl2NOS. The number of amides is 1. The van der Waals surface area contributed by atoms with Gasteiger partial charge >= 0.3 is 0 Å². The number of nitrogens with one attached hydrogen (secondary N) is 1. The summed E-state index contributed by atoms with van der Waals surface area (Å²) < 4.78 is 0. The van der Waals surface area contributed by atoms with Gasteiger partial charge in [0.1, 0.15) is 0 Å². The van der Waals surface area contributed by atoms with Crippen molar-refractivity contribution in [1.82, 2.24) is 0 Å². The first-order valence-corrected chi connectivity index (χ1v) is 7.73. The molecule has 0 aromatic heterocycles. The van der Waals surface area contributed by atoms with Crippen LogP contribution >= 0.6 is 35.0 Å². The van der Waals surface area contributed by atoms with Crippen LogP contribution in [0.4, 0.5) is 5.69 Å². The largest absolute Gasteiger partial charge is 0.325 e. The molecular weight excluding hydrogens is 313 g/mol. The van der Waals surface area contributed by atoms with Gasteiger partial charge in [0.15, 0.2) is 0 Å². The number of carbonyl (C=O) groups is 1. The summed E-state index contributed by atoms with van der Waals surface area (Å²) in [6, 6.07) is 12.9. The molecule has 2 aromatic carbocycles. The van der Waals surface area contributed by atoms with Crippen LogP contribution in [0.5, 0.6) is 0 Å². The van der Waals surface area contributed by atoms with E-state index in [-0.39, 0.29) is 11.7 Å². The van der Waals surface area contributed by atoms with Crippen molar-refractivity contribution in [3.63, 3.8) is 0 Å². The van der Waals surface area contributed by atoms with Crippen molar-refractivity contribution in [2.75, 3.05) is 11.1 Å². The standard InChI is InChI=1S/C15H13Cl2NOS/c1-10-2-5-12(6-3-10)18-15(19)9-20-14-8-11(16)4-7-13(14)17/h2-8H,9H2,1H3,(H,18,19). The summed E-state index contributed by atoms with van der Waals surface area (Å²) in [5.41, 5.74) is 1.95. The average Bonchev–Trinajstić information content (AvgIpc) is 2.42. The number of thioether (sulfide) groups is 1. The molecule has 0 radical (unpaired) electrons. The second-order valence-corrected chi connectivity index (χ2v) is 6.14. The number of carbonyl (C=O) groups excluding carboxylic acids is 1. The minimum atomic E-state index is -0.0742. The van der Waals surface area contributed by atoms with Crippen LogP contribution in [-0.4, -0.2) is 11.7 Å². The van der Waals surface area contributed by atoms with Gasteiger partial charge in [-0.05, 0) is 37.3 Å². The molecule has 20 heavy (non-hydrogen) atoms. The monoisotopic (exact) mass is 325 g/mol. The highest BCUT2D eigenvalue weighted by Gasteiger charge is 2.07. The lowest BCUT2D eigenvalue weighted by molar-refractivity contribution is -0.113. The highest BCUT2D eigenvalue weighted by atomic mass is 35.5. The number of hydrogen-bond donors (Lipinski definition) is 1. The van der Waals surface area contributed by atoms with E-state index in [2.05, 4.69) is 5.32 Å². The first kappa shape index (κ1) is 15.2. The SMILES string of the molecule is Cc1ccc(NC(=O)CSc2cc(Cl)ccc2Cl)cc1. The van der Waals surface area contributed by atoms with E-state index in [1.165, 1.54) is 11.8 Å². The van der Waals surface area contributed by atoms with Crippen molar-refractivity contribution in [2.45, 2.75) is 11.8 Å². The van der Waals surface area contributed by atoms with Gasteiger partial charge in [-0.2, -0.15) is 0 Å². The predicted molar refractivity (Wildman–Crippen MR) is 87.0 cm³/mol. The van der Waals surface area contributed by atoms with Gasteiger partial charge in [0.2, 0.25) is 5.91 Å². The van der Waals surface area contributed by atoms with Crippen molar-refractivity contribution in [1.29, 1.82) is 0 Å². The fourth-order valence-corrected chi connectivity index (χ4v) is 2.86. The zero-order valence-corrected chi connectivity index (χ0v) is 13.1. The van der Waals surface area contributed by atoms with E-state index in [0.717, 1.165) is 16.1 Å². The van der Waals surface area contributed by atoms with Crippen molar-refractivity contribution >= 4 is 46.6 Å². The Bertz CT molecular complexity index is 614. The fraction of sp³-hybridized carbons (Fsp3) is 0.133. The number of hydrogen-bond acceptors (Lipinski definition) is 2. The fourth-order valence-electron chi connectivity index (χ4n) is 1.57. The lowest BCUT2D eigenvalue weighted by Crippen LogP contribution is -2.13. The average molecular weight is 326 g/mol. The number of halogens is 2. The quantitative estimate of drug-likeness (QED) is 0.798. The predicted octanol–water partition coefficient (Wildman–Crippen LogP) is 5.03. The summed E-state index contributed by atoms with van der Waals surface area (Å²) in [4.78, 5) is 12.7. The molecule has 0 bridgehead atoms. The molecule has 0 fully saturated rings. The Balaban J connectivity index is 1.92. The number of rotatable bonds is 4. The molecule has 2 aromatic rings. The van der Waals surface area contributed by atoms with Crippen molar-refractivity contribution < 1.29 is 4.79 Å². The third kappa shape index (κ3) is 4.44. The molecule has 5 heteroatoms. The molecule has 0 saturated heterocycles. The molecule has 2 nitrogen and oxygen atoms in total. The minimum Gasteiger partial charge on any atom is -0.325 e. The van der Waals surface area contributed by atoms with Crippen molar-refractivity contribution in [3.05, 3.63) is 58.1 Å². The highest BCUT2D eigenvalue weighted by Crippen LogP contribution is 2.29. The Labute approximate surface area is 132 Å². The number of benzene rings is 2. The first-order chi connectivity index (χ1) is 9.54. The van der Waals surface area contributed by atoms with Crippen LogP contribution in [0.1, 0.15) is 5.56 Å². The zero-order chi connectivity index (χ0) is 14.5. The molecule has 0 atom stereocenters. The van der Waals surface area contributed by atoms with Crippen LogP contribution in [0.2, 0.25) is 10.0 Å². The van der Waals surface area contributed by atoms with Crippen molar-refractivity contribution in [3.8, 4) is 0 Å². The van der Waals surface area contributed by atoms with E-state index >= 15 is 0 Å². The number of aryl methyl sites for hydroxylation is 1. The highest BCUT2D eigenvalue weighted by molar-refractivity contribution is 8.00. The van der Waals surface area contributed by atoms with E-state index in [9.17, 15) is 4.79 Å². The lowest BCUT2D eigenvalue weighted by atomic mass is 10.2. The first-order valence-electron chi connectivity index (χ1n) is 5.99. The van der Waals surface area contributed by atoms with E-state index in [0.29, 0.717) is 10.0 Å². The molecule has 1 N–H and O–H groups in total. The summed E-state index contributed by atoms with van der Waals surface area (Å²) in [5, 5.41) is 4.04. The molecule has 0 aliphatic carbocycles. The molecule has 0 aliphatic heterocycles. The van der Waals surface area contributed by atoms with E-state index in [1.54, 1.807) is 18.2 Å². The summed E-state index contributed by atoms with van der Waals surface area (Å²) in [7, 11) is 0. The normalized spacial score (nSPS) is 10.3. The summed E-state index contributed by atoms with van der Waals surface area (Å²) in [5.74, 6) is 0.211. The smallest absolute Gasteiger partial charge is 0.234 e. The van der Waals surface area contributed by atoms with Gasteiger partial charge in [0, 0.05) is 15.6 Å². The van der Waals surface area contributed by atoms with Crippen LogP contribution in [0, 0.1) is 6.92 Å². The summed E-state index contributed by atoms with van der Waals surface area (Å²) in [6.07, 6.45) is 0. The molecule has 1 amide bonds. The summed E-state index contributed by atoms with van der Waals surface area (Å²) >= 11 is 13.3. The molecule has 0 spiro atoms. The second kappa shape index (κ2) is 7.02. The molecule has 104 valence electrons. The van der Waals surface area contributed by atoms with Gasteiger partial charge in [-0.25, -0.2) is 0 Å². The van der Waals surface area contributed by atoms with Gasteiger partial charge in [-0.1, -0.05) is 40.9 Å². The lowest BCUT2D eigenvalue weighted by Gasteiger charge is -2.07. The summed E-state index contributed by atoms with van der Waals surface area (Å²) in [6.45, 7) is 2.00. The molecule has 2 rings (SSSR count). The molecule has 0 aliphatic rings. The van der Waals surface area contributed by atoms with Gasteiger partial charge in [-0.15, -0.1) is 11.8 Å². The van der Waals surface area contributed by atoms with Crippen LogP contribution in [-0.2, 0) is 4.79 Å². The van der Waals surface area contributed by atoms with E-state index < -0.39 is 0 Å². The maximum absolute atomic E-state index is 11.9. The van der Waals surface area contributed by atoms with Gasteiger partial charge < -0.3 is 5.32 Å². The Kier molecular flexibility index (Phi) is 5.35. The topological polar surface area (TPSA) is 29.1 Å². The second-order valence-electron chi connectivity index (χ2n) is 4.28. The number of anilines is 1. The van der Waals surface area contributed by atoms with Crippen LogP contribution in [0.15, 0.2) is 47.4 Å². The Morgan fingerprint density at radius 3 is 2.55 bits per heavy atom. The Hall–Kier alpha value is -1.16. The molecule has 0 unspecified atom stereocenters. The zero-order valence-electron chi connectivity index (χ0n) is 10.8. The van der Waals surface area contributed by atoms with Crippen LogP contribution in [0.25, 0.3) is 0 Å². The van der Waals surface area contributed by atoms with Gasteiger partial charge in [0.25, 0.3) is 0 Å². The third-order valence-corrected chi connectivity index (χ3v) is 4.32. The van der Waals surface area contributed by atoms with E-state index in [1.807, 2.05) is 31.2 Å². The molecule has 0 saturated carbocycles. The van der Waals surface area contributed by atoms with Crippen LogP contribution < -0.4 is 5.32 Å². The maximum Gasteiger partial charge on any atom is 0.234 e.